The second kappa shape index (κ2) is 7.03. The smallest absolute Gasteiger partial charge is 0.101 e. The summed E-state index contributed by atoms with van der Waals surface area (Å²) in [5.74, 6) is 0. The molecule has 5 heteroatoms. The number of anilines is 1. The zero-order valence-corrected chi connectivity index (χ0v) is 13.6. The Labute approximate surface area is 139 Å². The van der Waals surface area contributed by atoms with Crippen molar-refractivity contribution in [2.75, 3.05) is 11.9 Å². The largest absolute Gasteiger partial charge is 0.382 e. The zero-order chi connectivity index (χ0) is 16.1. The molecule has 0 aliphatic heterocycles. The molecule has 0 saturated carbocycles. The molecule has 2 heterocycles. The van der Waals surface area contributed by atoms with E-state index in [1.54, 1.807) is 29.8 Å². The monoisotopic (exact) mass is 320 g/mol. The van der Waals surface area contributed by atoms with E-state index in [-0.39, 0.29) is 0 Å². The number of nitriles is 1. The minimum Gasteiger partial charge on any atom is -0.382 e. The Morgan fingerprint density at radius 3 is 2.74 bits per heavy atom. The molecule has 0 amide bonds. The van der Waals surface area contributed by atoms with Crippen molar-refractivity contribution in [2.45, 2.75) is 13.3 Å². The predicted molar refractivity (Wildman–Crippen MR) is 93.4 cm³/mol. The summed E-state index contributed by atoms with van der Waals surface area (Å²) in [7, 11) is 0. The van der Waals surface area contributed by atoms with E-state index in [9.17, 15) is 0 Å². The summed E-state index contributed by atoms with van der Waals surface area (Å²) in [6.07, 6.45) is 4.20. The molecular formula is C18H16N4S. The van der Waals surface area contributed by atoms with Crippen LogP contribution in [-0.2, 0) is 6.42 Å². The summed E-state index contributed by atoms with van der Waals surface area (Å²) in [6.45, 7) is 2.78. The van der Waals surface area contributed by atoms with E-state index in [1.807, 2.05) is 6.92 Å². The van der Waals surface area contributed by atoms with Crippen molar-refractivity contribution < 1.29 is 0 Å². The third-order valence-corrected chi connectivity index (χ3v) is 4.31. The highest BCUT2D eigenvalue weighted by atomic mass is 32.1. The van der Waals surface area contributed by atoms with Crippen molar-refractivity contribution in [1.29, 1.82) is 5.26 Å². The molecule has 3 aromatic rings. The molecule has 1 N–H and O–H groups in total. The van der Waals surface area contributed by atoms with E-state index in [0.29, 0.717) is 5.56 Å². The van der Waals surface area contributed by atoms with Gasteiger partial charge >= 0.3 is 0 Å². The van der Waals surface area contributed by atoms with Crippen LogP contribution in [0.1, 0.15) is 16.1 Å². The zero-order valence-electron chi connectivity index (χ0n) is 12.8. The van der Waals surface area contributed by atoms with Gasteiger partial charge in [-0.3, -0.25) is 4.98 Å². The van der Waals surface area contributed by atoms with Crippen LogP contribution in [0.15, 0.2) is 48.1 Å². The maximum absolute atomic E-state index is 9.05. The third-order valence-electron chi connectivity index (χ3n) is 3.54. The van der Waals surface area contributed by atoms with Gasteiger partial charge in [-0.2, -0.15) is 5.26 Å². The van der Waals surface area contributed by atoms with E-state index >= 15 is 0 Å². The van der Waals surface area contributed by atoms with Crippen LogP contribution in [0.3, 0.4) is 0 Å². The van der Waals surface area contributed by atoms with Gasteiger partial charge < -0.3 is 5.32 Å². The SMILES string of the molecule is Cc1nc(-c2ccc(CCNc3cnccc3C#N)cc2)cs1. The molecule has 1 aromatic carbocycles. The molecule has 0 bridgehead atoms. The van der Waals surface area contributed by atoms with Crippen LogP contribution in [0, 0.1) is 18.3 Å². The predicted octanol–water partition coefficient (Wildman–Crippen LogP) is 4.04. The normalized spacial score (nSPS) is 10.3. The van der Waals surface area contributed by atoms with Gasteiger partial charge in [0, 0.05) is 23.7 Å². The molecule has 0 fully saturated rings. The number of nitrogens with one attached hydrogen (secondary N) is 1. The first-order valence-corrected chi connectivity index (χ1v) is 8.23. The highest BCUT2D eigenvalue weighted by Crippen LogP contribution is 2.22. The van der Waals surface area contributed by atoms with Crippen molar-refractivity contribution in [3.05, 3.63) is 64.2 Å². The van der Waals surface area contributed by atoms with Crippen LogP contribution in [0.5, 0.6) is 0 Å². The molecule has 3 rings (SSSR count). The minimum atomic E-state index is 0.620. The third kappa shape index (κ3) is 3.74. The van der Waals surface area contributed by atoms with Crippen molar-refractivity contribution >= 4 is 17.0 Å². The fourth-order valence-corrected chi connectivity index (χ4v) is 2.93. The number of aromatic nitrogens is 2. The summed E-state index contributed by atoms with van der Waals surface area (Å²) in [4.78, 5) is 8.55. The Morgan fingerprint density at radius 2 is 2.04 bits per heavy atom. The molecule has 0 radical (unpaired) electrons. The maximum atomic E-state index is 9.05. The van der Waals surface area contributed by atoms with Crippen molar-refractivity contribution in [3.8, 4) is 17.3 Å². The molecule has 0 aliphatic rings. The van der Waals surface area contributed by atoms with Crippen LogP contribution in [0.2, 0.25) is 0 Å². The van der Waals surface area contributed by atoms with E-state index in [0.717, 1.165) is 34.9 Å². The molecule has 0 unspecified atom stereocenters. The topological polar surface area (TPSA) is 61.6 Å². The number of pyridine rings is 1. The van der Waals surface area contributed by atoms with E-state index in [1.165, 1.54) is 5.56 Å². The number of nitrogens with zero attached hydrogens (tertiary/aromatic N) is 3. The van der Waals surface area contributed by atoms with Crippen LogP contribution >= 0.6 is 11.3 Å². The molecule has 23 heavy (non-hydrogen) atoms. The molecule has 0 aliphatic carbocycles. The van der Waals surface area contributed by atoms with Gasteiger partial charge in [-0.25, -0.2) is 4.98 Å². The fraction of sp³-hybridized carbons (Fsp3) is 0.167. The number of aryl methyl sites for hydroxylation is 1. The first-order chi connectivity index (χ1) is 11.3. The number of hydrogen-bond donors (Lipinski definition) is 1. The van der Waals surface area contributed by atoms with Crippen LogP contribution < -0.4 is 5.32 Å². The van der Waals surface area contributed by atoms with Crippen LogP contribution in [0.25, 0.3) is 11.3 Å². The minimum absolute atomic E-state index is 0.620. The summed E-state index contributed by atoms with van der Waals surface area (Å²) in [6, 6.07) is 12.3. The highest BCUT2D eigenvalue weighted by molar-refractivity contribution is 7.09. The maximum Gasteiger partial charge on any atom is 0.101 e. The first-order valence-electron chi connectivity index (χ1n) is 7.35. The highest BCUT2D eigenvalue weighted by Gasteiger charge is 2.03. The number of rotatable bonds is 5. The molecule has 2 aromatic heterocycles. The second-order valence-electron chi connectivity index (χ2n) is 5.16. The van der Waals surface area contributed by atoms with Gasteiger partial charge in [0.2, 0.25) is 0 Å². The van der Waals surface area contributed by atoms with Crippen molar-refractivity contribution in [1.82, 2.24) is 9.97 Å². The van der Waals surface area contributed by atoms with Crippen LogP contribution in [0.4, 0.5) is 5.69 Å². The first kappa shape index (κ1) is 15.2. The second-order valence-corrected chi connectivity index (χ2v) is 6.22. The van der Waals surface area contributed by atoms with Gasteiger partial charge in [-0.15, -0.1) is 11.3 Å². The van der Waals surface area contributed by atoms with E-state index < -0.39 is 0 Å². The average Bonchev–Trinajstić information content (AvgIpc) is 3.02. The molecule has 114 valence electrons. The van der Waals surface area contributed by atoms with Gasteiger partial charge in [0.15, 0.2) is 0 Å². The lowest BCUT2D eigenvalue weighted by atomic mass is 10.1. The Balaban J connectivity index is 1.60. The Kier molecular flexibility index (Phi) is 4.65. The number of hydrogen-bond acceptors (Lipinski definition) is 5. The van der Waals surface area contributed by atoms with Gasteiger partial charge in [0.05, 0.1) is 28.1 Å². The van der Waals surface area contributed by atoms with E-state index in [2.05, 4.69) is 51.0 Å². The van der Waals surface area contributed by atoms with Gasteiger partial charge in [-0.1, -0.05) is 24.3 Å². The van der Waals surface area contributed by atoms with Gasteiger partial charge in [0.1, 0.15) is 6.07 Å². The fourth-order valence-electron chi connectivity index (χ4n) is 2.31. The molecule has 0 atom stereocenters. The summed E-state index contributed by atoms with van der Waals surface area (Å²) >= 11 is 1.67. The molecule has 4 nitrogen and oxygen atoms in total. The Bertz CT molecular complexity index is 831. The Hall–Kier alpha value is -2.71. The molecule has 0 saturated heterocycles. The molecular weight excluding hydrogens is 304 g/mol. The standard InChI is InChI=1S/C18H16N4S/c1-13-22-18(12-23-13)15-4-2-14(3-5-15)6-9-21-17-11-20-8-7-16(17)10-19/h2-5,7-8,11-12,21H,6,9H2,1H3. The number of thiazole rings is 1. The van der Waals surface area contributed by atoms with Gasteiger partial charge in [-0.05, 0) is 25.0 Å². The lowest BCUT2D eigenvalue weighted by Crippen LogP contribution is -2.06. The average molecular weight is 320 g/mol. The summed E-state index contributed by atoms with van der Waals surface area (Å²) in [5.41, 5.74) is 4.82. The lowest BCUT2D eigenvalue weighted by Gasteiger charge is -2.08. The number of benzene rings is 1. The van der Waals surface area contributed by atoms with Crippen LogP contribution in [-0.4, -0.2) is 16.5 Å². The quantitative estimate of drug-likeness (QED) is 0.770. The Morgan fingerprint density at radius 1 is 1.22 bits per heavy atom. The van der Waals surface area contributed by atoms with Crippen molar-refractivity contribution in [2.24, 2.45) is 0 Å². The van der Waals surface area contributed by atoms with Crippen molar-refractivity contribution in [3.63, 3.8) is 0 Å². The summed E-state index contributed by atoms with van der Waals surface area (Å²) < 4.78 is 0. The summed E-state index contributed by atoms with van der Waals surface area (Å²) in [5, 5.41) is 15.5. The molecule has 0 spiro atoms. The van der Waals surface area contributed by atoms with E-state index in [4.69, 9.17) is 5.26 Å². The van der Waals surface area contributed by atoms with Gasteiger partial charge in [0.25, 0.3) is 0 Å². The lowest BCUT2D eigenvalue weighted by molar-refractivity contribution is 1.02.